The van der Waals surface area contributed by atoms with E-state index in [1.54, 1.807) is 0 Å². The van der Waals surface area contributed by atoms with Gasteiger partial charge in [0.15, 0.2) is 5.60 Å². The van der Waals surface area contributed by atoms with E-state index in [9.17, 15) is 9.90 Å². The molecule has 0 bridgehead atoms. The first kappa shape index (κ1) is 18.2. The summed E-state index contributed by atoms with van der Waals surface area (Å²) >= 11 is 0. The molecule has 3 rings (SSSR count). The first-order valence-electron chi connectivity index (χ1n) is 9.02. The molecule has 0 aromatic heterocycles. The summed E-state index contributed by atoms with van der Waals surface area (Å²) in [5, 5.41) is 9.91. The van der Waals surface area contributed by atoms with Crippen molar-refractivity contribution < 1.29 is 19.4 Å². The number of carbonyl (C=O) groups excluding carboxylic acids is 1. The Balaban J connectivity index is 1.76. The molecule has 0 radical (unpaired) electrons. The van der Waals surface area contributed by atoms with Crippen molar-refractivity contribution in [3.05, 3.63) is 29.3 Å². The normalized spacial score (nSPS) is 26.4. The van der Waals surface area contributed by atoms with Gasteiger partial charge in [0.25, 0.3) is 5.91 Å². The maximum Gasteiger partial charge on any atom is 0.266 e. The third-order valence-electron chi connectivity index (χ3n) is 5.85. The summed E-state index contributed by atoms with van der Waals surface area (Å²) in [5.41, 5.74) is 0.926. The summed E-state index contributed by atoms with van der Waals surface area (Å²) in [6, 6.07) is 5.89. The number of rotatable bonds is 4. The fourth-order valence-corrected chi connectivity index (χ4v) is 4.01. The molecule has 2 aliphatic rings. The Bertz CT molecular complexity index is 657. The number of aliphatic hydroxyl groups is 1. The van der Waals surface area contributed by atoms with Crippen molar-refractivity contribution in [1.29, 1.82) is 0 Å². The first-order valence-corrected chi connectivity index (χ1v) is 9.02. The zero-order chi connectivity index (χ0) is 18.2. The molecule has 1 amide bonds. The number of hydrogen-bond acceptors (Lipinski definition) is 4. The minimum atomic E-state index is -0.955. The van der Waals surface area contributed by atoms with Crippen LogP contribution in [0.5, 0.6) is 5.75 Å². The van der Waals surface area contributed by atoms with E-state index in [1.165, 1.54) is 0 Å². The highest BCUT2D eigenvalue weighted by atomic mass is 16.5. The molecular weight excluding hydrogens is 318 g/mol. The zero-order valence-corrected chi connectivity index (χ0v) is 15.7. The molecule has 138 valence electrons. The van der Waals surface area contributed by atoms with Gasteiger partial charge in [0.05, 0.1) is 13.2 Å². The Hall–Kier alpha value is -1.59. The zero-order valence-electron chi connectivity index (χ0n) is 15.7. The number of hydrogen-bond donors (Lipinski definition) is 1. The molecule has 2 saturated heterocycles. The SMILES string of the molecule is Cc1cccc(OC(C)(C)C(=O)N2C[C@@H]3CCOC[C@]3(CO)C2)c1C. The van der Waals surface area contributed by atoms with E-state index in [0.29, 0.717) is 32.2 Å². The Kier molecular flexibility index (Phi) is 4.82. The van der Waals surface area contributed by atoms with Gasteiger partial charge >= 0.3 is 0 Å². The highest BCUT2D eigenvalue weighted by Crippen LogP contribution is 2.42. The Labute approximate surface area is 149 Å². The smallest absolute Gasteiger partial charge is 0.266 e. The van der Waals surface area contributed by atoms with Gasteiger partial charge in [-0.1, -0.05) is 12.1 Å². The topological polar surface area (TPSA) is 59.0 Å². The molecule has 25 heavy (non-hydrogen) atoms. The second kappa shape index (κ2) is 6.61. The average molecular weight is 347 g/mol. The molecule has 0 aliphatic carbocycles. The fraction of sp³-hybridized carbons (Fsp3) is 0.650. The van der Waals surface area contributed by atoms with Crippen LogP contribution in [-0.4, -0.2) is 54.4 Å². The largest absolute Gasteiger partial charge is 0.478 e. The van der Waals surface area contributed by atoms with E-state index in [1.807, 2.05) is 50.8 Å². The Morgan fingerprint density at radius 3 is 2.88 bits per heavy atom. The van der Waals surface area contributed by atoms with Crippen LogP contribution in [0.4, 0.5) is 0 Å². The van der Waals surface area contributed by atoms with Crippen LogP contribution in [0.3, 0.4) is 0 Å². The van der Waals surface area contributed by atoms with E-state index in [2.05, 4.69) is 0 Å². The van der Waals surface area contributed by atoms with Gasteiger partial charge in [0.1, 0.15) is 5.75 Å². The summed E-state index contributed by atoms with van der Waals surface area (Å²) in [5.74, 6) is 1.01. The van der Waals surface area contributed by atoms with Crippen molar-refractivity contribution in [2.75, 3.05) is 32.9 Å². The van der Waals surface area contributed by atoms with Crippen LogP contribution in [0.25, 0.3) is 0 Å². The van der Waals surface area contributed by atoms with Gasteiger partial charge in [-0.05, 0) is 57.2 Å². The number of likely N-dealkylation sites (tertiary alicyclic amines) is 1. The summed E-state index contributed by atoms with van der Waals surface area (Å²) in [6.07, 6.45) is 0.891. The molecule has 1 aromatic carbocycles. The van der Waals surface area contributed by atoms with E-state index in [4.69, 9.17) is 9.47 Å². The predicted molar refractivity (Wildman–Crippen MR) is 95.6 cm³/mol. The van der Waals surface area contributed by atoms with Crippen molar-refractivity contribution in [3.63, 3.8) is 0 Å². The van der Waals surface area contributed by atoms with Crippen molar-refractivity contribution in [3.8, 4) is 5.75 Å². The molecule has 0 unspecified atom stereocenters. The predicted octanol–water partition coefficient (Wildman–Crippen LogP) is 2.32. The number of amides is 1. The van der Waals surface area contributed by atoms with Gasteiger partial charge in [-0.3, -0.25) is 4.79 Å². The number of aryl methyl sites for hydroxylation is 1. The Morgan fingerprint density at radius 1 is 1.44 bits per heavy atom. The van der Waals surface area contributed by atoms with Crippen molar-refractivity contribution >= 4 is 5.91 Å². The summed E-state index contributed by atoms with van der Waals surface area (Å²) in [7, 11) is 0. The third kappa shape index (κ3) is 3.27. The standard InChI is InChI=1S/C20H29NO4/c1-14-6-5-7-17(15(14)2)25-19(3,4)18(23)21-10-16-8-9-24-13-20(16,11-21)12-22/h5-7,16,22H,8-13H2,1-4H3/t16-,20+/m0/s1. The number of fused-ring (bicyclic) bond motifs is 1. The van der Waals surface area contributed by atoms with Gasteiger partial charge in [0, 0.05) is 25.1 Å². The fourth-order valence-electron chi connectivity index (χ4n) is 4.01. The van der Waals surface area contributed by atoms with E-state index < -0.39 is 5.60 Å². The Morgan fingerprint density at radius 2 is 2.20 bits per heavy atom. The summed E-state index contributed by atoms with van der Waals surface area (Å²) in [6.45, 7) is 10.2. The van der Waals surface area contributed by atoms with Gasteiger partial charge in [-0.2, -0.15) is 0 Å². The van der Waals surface area contributed by atoms with E-state index in [0.717, 1.165) is 23.3 Å². The van der Waals surface area contributed by atoms with Crippen LogP contribution in [0.1, 0.15) is 31.4 Å². The number of ether oxygens (including phenoxy) is 2. The average Bonchev–Trinajstić information content (AvgIpc) is 2.98. The lowest BCUT2D eigenvalue weighted by molar-refractivity contribution is -0.145. The van der Waals surface area contributed by atoms with Gasteiger partial charge in [-0.15, -0.1) is 0 Å². The van der Waals surface area contributed by atoms with Crippen molar-refractivity contribution in [2.45, 2.75) is 39.7 Å². The molecule has 2 aliphatic heterocycles. The second-order valence-corrected chi connectivity index (χ2v) is 8.05. The highest BCUT2D eigenvalue weighted by molar-refractivity contribution is 5.85. The summed E-state index contributed by atoms with van der Waals surface area (Å²) in [4.78, 5) is 15.0. The maximum absolute atomic E-state index is 13.1. The van der Waals surface area contributed by atoms with Crippen LogP contribution in [-0.2, 0) is 9.53 Å². The first-order chi connectivity index (χ1) is 11.8. The highest BCUT2D eigenvalue weighted by Gasteiger charge is 2.51. The molecular formula is C20H29NO4. The number of nitrogens with zero attached hydrogens (tertiary/aromatic N) is 1. The molecule has 2 fully saturated rings. The number of aliphatic hydroxyl groups excluding tert-OH is 1. The molecule has 2 heterocycles. The molecule has 1 aromatic rings. The molecule has 2 atom stereocenters. The molecule has 5 nitrogen and oxygen atoms in total. The molecule has 1 N–H and O–H groups in total. The third-order valence-corrected chi connectivity index (χ3v) is 5.85. The van der Waals surface area contributed by atoms with Gasteiger partial charge < -0.3 is 19.5 Å². The summed E-state index contributed by atoms with van der Waals surface area (Å²) < 4.78 is 11.7. The van der Waals surface area contributed by atoms with Crippen molar-refractivity contribution in [2.24, 2.45) is 11.3 Å². The van der Waals surface area contributed by atoms with E-state index in [-0.39, 0.29) is 17.9 Å². The van der Waals surface area contributed by atoms with Gasteiger partial charge in [-0.25, -0.2) is 0 Å². The lowest BCUT2D eigenvalue weighted by atomic mass is 9.76. The van der Waals surface area contributed by atoms with Crippen LogP contribution >= 0.6 is 0 Å². The monoisotopic (exact) mass is 347 g/mol. The second-order valence-electron chi connectivity index (χ2n) is 8.05. The van der Waals surface area contributed by atoms with Crippen LogP contribution < -0.4 is 4.74 Å². The molecule has 0 spiro atoms. The molecule has 5 heteroatoms. The quantitative estimate of drug-likeness (QED) is 0.908. The molecule has 0 saturated carbocycles. The lowest BCUT2D eigenvalue weighted by Crippen LogP contribution is -2.49. The van der Waals surface area contributed by atoms with Crippen LogP contribution in [0.2, 0.25) is 0 Å². The van der Waals surface area contributed by atoms with Gasteiger partial charge in [0.2, 0.25) is 0 Å². The lowest BCUT2D eigenvalue weighted by Gasteiger charge is -2.36. The number of benzene rings is 1. The van der Waals surface area contributed by atoms with Crippen LogP contribution in [0, 0.1) is 25.2 Å². The number of carbonyl (C=O) groups is 1. The minimum absolute atomic E-state index is 0.0318. The van der Waals surface area contributed by atoms with Crippen LogP contribution in [0.15, 0.2) is 18.2 Å². The van der Waals surface area contributed by atoms with E-state index >= 15 is 0 Å². The minimum Gasteiger partial charge on any atom is -0.478 e. The van der Waals surface area contributed by atoms with Crippen molar-refractivity contribution in [1.82, 2.24) is 4.90 Å². The maximum atomic E-state index is 13.1.